The molecule has 1 aliphatic carbocycles. The van der Waals surface area contributed by atoms with Crippen LogP contribution in [0.3, 0.4) is 0 Å². The van der Waals surface area contributed by atoms with Crippen LogP contribution < -0.4 is 14.8 Å². The van der Waals surface area contributed by atoms with E-state index in [4.69, 9.17) is 9.47 Å². The zero-order valence-electron chi connectivity index (χ0n) is 11.9. The number of para-hydroxylation sites is 2. The van der Waals surface area contributed by atoms with Crippen LogP contribution in [0.1, 0.15) is 32.1 Å². The highest BCUT2D eigenvalue weighted by Crippen LogP contribution is 2.27. The van der Waals surface area contributed by atoms with E-state index >= 15 is 0 Å². The molecule has 0 unspecified atom stereocenters. The molecule has 0 spiro atoms. The van der Waals surface area contributed by atoms with Gasteiger partial charge in [0.15, 0.2) is 11.5 Å². The summed E-state index contributed by atoms with van der Waals surface area (Å²) in [7, 11) is 1.67. The van der Waals surface area contributed by atoms with Gasteiger partial charge < -0.3 is 14.8 Å². The summed E-state index contributed by atoms with van der Waals surface area (Å²) >= 11 is 0. The maximum atomic E-state index is 5.71. The predicted octanol–water partition coefficient (Wildman–Crippen LogP) is 3.24. The minimum absolute atomic E-state index is 0.686. The summed E-state index contributed by atoms with van der Waals surface area (Å²) in [4.78, 5) is 0. The standard InChI is InChI=1S/C16H25NO2/c1-18-15-8-4-5-9-16(15)19-13-12-17-11-10-14-6-2-3-7-14/h4-5,8-9,14,17H,2-3,6-7,10-13H2,1H3. The molecule has 0 aliphatic heterocycles. The van der Waals surface area contributed by atoms with E-state index in [0.29, 0.717) is 6.61 Å². The first-order valence-electron chi connectivity index (χ1n) is 7.36. The molecular weight excluding hydrogens is 238 g/mol. The van der Waals surface area contributed by atoms with Crippen molar-refractivity contribution in [1.82, 2.24) is 5.32 Å². The SMILES string of the molecule is COc1ccccc1OCCNCCC1CCCC1. The molecule has 3 heteroatoms. The Morgan fingerprint density at radius 1 is 1.11 bits per heavy atom. The molecule has 2 rings (SSSR count). The van der Waals surface area contributed by atoms with E-state index in [1.165, 1.54) is 32.1 Å². The third kappa shape index (κ3) is 4.75. The molecule has 1 saturated carbocycles. The maximum absolute atomic E-state index is 5.71. The molecule has 1 aromatic rings. The van der Waals surface area contributed by atoms with E-state index in [1.54, 1.807) is 7.11 Å². The highest BCUT2D eigenvalue weighted by Gasteiger charge is 2.13. The van der Waals surface area contributed by atoms with Crippen LogP contribution in [0, 0.1) is 5.92 Å². The Morgan fingerprint density at radius 3 is 2.58 bits per heavy atom. The van der Waals surface area contributed by atoms with Crippen molar-refractivity contribution in [3.63, 3.8) is 0 Å². The average Bonchev–Trinajstić information content (AvgIpc) is 2.96. The highest BCUT2D eigenvalue weighted by atomic mass is 16.5. The van der Waals surface area contributed by atoms with Crippen molar-refractivity contribution in [1.29, 1.82) is 0 Å². The minimum atomic E-state index is 0.686. The number of hydrogen-bond donors (Lipinski definition) is 1. The van der Waals surface area contributed by atoms with Crippen molar-refractivity contribution in [3.05, 3.63) is 24.3 Å². The van der Waals surface area contributed by atoms with Crippen LogP contribution in [0.2, 0.25) is 0 Å². The second-order valence-electron chi connectivity index (χ2n) is 5.19. The molecule has 0 atom stereocenters. The molecule has 3 nitrogen and oxygen atoms in total. The Hall–Kier alpha value is -1.22. The summed E-state index contributed by atoms with van der Waals surface area (Å²) in [6.45, 7) is 2.69. The molecule has 0 radical (unpaired) electrons. The zero-order valence-corrected chi connectivity index (χ0v) is 11.9. The first-order valence-corrected chi connectivity index (χ1v) is 7.36. The number of benzene rings is 1. The lowest BCUT2D eigenvalue weighted by atomic mass is 10.0. The van der Waals surface area contributed by atoms with Crippen molar-refractivity contribution in [2.24, 2.45) is 5.92 Å². The summed E-state index contributed by atoms with van der Waals surface area (Å²) in [6, 6.07) is 7.77. The predicted molar refractivity (Wildman–Crippen MR) is 77.9 cm³/mol. The summed E-state index contributed by atoms with van der Waals surface area (Å²) in [6.07, 6.45) is 7.04. The number of rotatable bonds is 8. The van der Waals surface area contributed by atoms with Crippen molar-refractivity contribution in [3.8, 4) is 11.5 Å². The fraction of sp³-hybridized carbons (Fsp3) is 0.625. The largest absolute Gasteiger partial charge is 0.493 e. The number of nitrogens with one attached hydrogen (secondary N) is 1. The summed E-state index contributed by atoms with van der Waals surface area (Å²) in [5.74, 6) is 2.58. The second kappa shape index (κ2) is 8.05. The highest BCUT2D eigenvalue weighted by molar-refractivity contribution is 5.39. The Labute approximate surface area is 116 Å². The lowest BCUT2D eigenvalue weighted by Gasteiger charge is -2.12. The molecule has 1 N–H and O–H groups in total. The Morgan fingerprint density at radius 2 is 1.84 bits per heavy atom. The van der Waals surface area contributed by atoms with Crippen LogP contribution in [0.25, 0.3) is 0 Å². The number of methoxy groups -OCH3 is 1. The third-order valence-corrected chi connectivity index (χ3v) is 3.81. The molecule has 0 bridgehead atoms. The molecule has 0 heterocycles. The smallest absolute Gasteiger partial charge is 0.161 e. The minimum Gasteiger partial charge on any atom is -0.493 e. The molecule has 0 amide bonds. The number of ether oxygens (including phenoxy) is 2. The molecule has 1 fully saturated rings. The van der Waals surface area contributed by atoms with Gasteiger partial charge in [0, 0.05) is 6.54 Å². The van der Waals surface area contributed by atoms with Gasteiger partial charge in [-0.1, -0.05) is 37.8 Å². The van der Waals surface area contributed by atoms with Crippen LogP contribution in [-0.2, 0) is 0 Å². The van der Waals surface area contributed by atoms with Crippen LogP contribution in [0.15, 0.2) is 24.3 Å². The molecular formula is C16H25NO2. The van der Waals surface area contributed by atoms with Crippen LogP contribution in [0.4, 0.5) is 0 Å². The second-order valence-corrected chi connectivity index (χ2v) is 5.19. The van der Waals surface area contributed by atoms with Crippen LogP contribution in [-0.4, -0.2) is 26.8 Å². The van der Waals surface area contributed by atoms with Crippen molar-refractivity contribution < 1.29 is 9.47 Å². The summed E-state index contributed by atoms with van der Waals surface area (Å²) in [5, 5.41) is 3.45. The van der Waals surface area contributed by atoms with Gasteiger partial charge in [-0.2, -0.15) is 0 Å². The van der Waals surface area contributed by atoms with Crippen molar-refractivity contribution in [2.75, 3.05) is 26.8 Å². The van der Waals surface area contributed by atoms with Crippen molar-refractivity contribution in [2.45, 2.75) is 32.1 Å². The summed E-state index contributed by atoms with van der Waals surface area (Å²) < 4.78 is 11.0. The monoisotopic (exact) mass is 263 g/mol. The first-order chi connectivity index (χ1) is 9.40. The fourth-order valence-corrected chi connectivity index (χ4v) is 2.70. The van der Waals surface area contributed by atoms with Gasteiger partial charge in [0.1, 0.15) is 6.61 Å². The molecule has 0 saturated heterocycles. The van der Waals surface area contributed by atoms with Gasteiger partial charge in [0.2, 0.25) is 0 Å². The quantitative estimate of drug-likeness (QED) is 0.730. The topological polar surface area (TPSA) is 30.5 Å². The van der Waals surface area contributed by atoms with Gasteiger partial charge in [-0.3, -0.25) is 0 Å². The third-order valence-electron chi connectivity index (χ3n) is 3.81. The maximum Gasteiger partial charge on any atom is 0.161 e. The Balaban J connectivity index is 1.56. The molecule has 106 valence electrons. The van der Waals surface area contributed by atoms with Gasteiger partial charge in [-0.25, -0.2) is 0 Å². The zero-order chi connectivity index (χ0) is 13.3. The first kappa shape index (κ1) is 14.2. The van der Waals surface area contributed by atoms with Gasteiger partial charge in [0.25, 0.3) is 0 Å². The van der Waals surface area contributed by atoms with Crippen LogP contribution >= 0.6 is 0 Å². The van der Waals surface area contributed by atoms with Crippen molar-refractivity contribution >= 4 is 0 Å². The van der Waals surface area contributed by atoms with Gasteiger partial charge in [0.05, 0.1) is 7.11 Å². The Bertz CT molecular complexity index is 362. The van der Waals surface area contributed by atoms with E-state index in [9.17, 15) is 0 Å². The normalized spacial score (nSPS) is 15.6. The number of hydrogen-bond acceptors (Lipinski definition) is 3. The average molecular weight is 263 g/mol. The van der Waals surface area contributed by atoms with E-state index < -0.39 is 0 Å². The molecule has 0 aromatic heterocycles. The van der Waals surface area contributed by atoms with E-state index in [1.807, 2.05) is 24.3 Å². The van der Waals surface area contributed by atoms with Crippen LogP contribution in [0.5, 0.6) is 11.5 Å². The van der Waals surface area contributed by atoms with Gasteiger partial charge in [-0.05, 0) is 31.0 Å². The summed E-state index contributed by atoms with van der Waals surface area (Å²) in [5.41, 5.74) is 0. The lowest BCUT2D eigenvalue weighted by molar-refractivity contribution is 0.290. The van der Waals surface area contributed by atoms with Gasteiger partial charge >= 0.3 is 0 Å². The van der Waals surface area contributed by atoms with E-state index in [2.05, 4.69) is 5.32 Å². The lowest BCUT2D eigenvalue weighted by Crippen LogP contribution is -2.23. The van der Waals surface area contributed by atoms with Gasteiger partial charge in [-0.15, -0.1) is 0 Å². The Kier molecular flexibility index (Phi) is 6.02. The van der Waals surface area contributed by atoms with E-state index in [-0.39, 0.29) is 0 Å². The molecule has 1 aromatic carbocycles. The molecule has 1 aliphatic rings. The molecule has 19 heavy (non-hydrogen) atoms. The van der Waals surface area contributed by atoms with E-state index in [0.717, 1.165) is 30.5 Å². The fourth-order valence-electron chi connectivity index (χ4n) is 2.70.